The zero-order valence-corrected chi connectivity index (χ0v) is 26.9. The van der Waals surface area contributed by atoms with Gasteiger partial charge < -0.3 is 47.7 Å². The maximum absolute atomic E-state index is 13.9. The molecule has 6 amide bonds. The van der Waals surface area contributed by atoms with Crippen molar-refractivity contribution in [3.8, 4) is 5.75 Å². The van der Waals surface area contributed by atoms with E-state index in [0.29, 0.717) is 24.9 Å². The van der Waals surface area contributed by atoms with E-state index in [4.69, 9.17) is 11.5 Å². The van der Waals surface area contributed by atoms with E-state index in [1.165, 1.54) is 17.0 Å². The highest BCUT2D eigenvalue weighted by atomic mass is 16.3. The average Bonchev–Trinajstić information content (AvgIpc) is 3.86. The van der Waals surface area contributed by atoms with Crippen LogP contribution in [-0.4, -0.2) is 93.7 Å². The Morgan fingerprint density at radius 3 is 2.29 bits per heavy atom. The molecule has 1 aromatic heterocycles. The lowest BCUT2D eigenvalue weighted by atomic mass is 10.0. The van der Waals surface area contributed by atoms with E-state index in [-0.39, 0.29) is 31.6 Å². The quantitative estimate of drug-likeness (QED) is 0.108. The summed E-state index contributed by atoms with van der Waals surface area (Å²) in [6.07, 6.45) is 3.52. The number of H-pyrrole nitrogens is 1. The van der Waals surface area contributed by atoms with Crippen LogP contribution in [0, 0.1) is 0 Å². The van der Waals surface area contributed by atoms with Crippen LogP contribution >= 0.6 is 0 Å². The van der Waals surface area contributed by atoms with Gasteiger partial charge in [0.2, 0.25) is 35.4 Å². The minimum atomic E-state index is -1.26. The summed E-state index contributed by atoms with van der Waals surface area (Å²) in [6.45, 7) is 0.852. The van der Waals surface area contributed by atoms with E-state index < -0.39 is 72.1 Å². The number of carbonyl (C=O) groups excluding carboxylic acids is 6. The van der Waals surface area contributed by atoms with Crippen LogP contribution in [0.5, 0.6) is 5.75 Å². The van der Waals surface area contributed by atoms with Crippen LogP contribution in [0.25, 0.3) is 10.9 Å². The van der Waals surface area contributed by atoms with Crippen molar-refractivity contribution < 1.29 is 33.9 Å². The smallest absolute Gasteiger partial charge is 0.246 e. The van der Waals surface area contributed by atoms with Gasteiger partial charge in [-0.3, -0.25) is 28.8 Å². The summed E-state index contributed by atoms with van der Waals surface area (Å²) in [4.78, 5) is 83.1. The average molecular weight is 675 g/mol. The summed E-state index contributed by atoms with van der Waals surface area (Å²) in [6, 6.07) is 8.51. The summed E-state index contributed by atoms with van der Waals surface area (Å²) in [5, 5.41) is 21.6. The number of fused-ring (bicyclic) bond motifs is 1. The molecule has 10 N–H and O–H groups in total. The van der Waals surface area contributed by atoms with Gasteiger partial charge in [-0.1, -0.05) is 30.3 Å². The molecule has 3 heterocycles. The number of aromatic amines is 1. The first kappa shape index (κ1) is 34.9. The fraction of sp³-hybridized carbons (Fsp3) is 0.412. The zero-order valence-electron chi connectivity index (χ0n) is 26.9. The van der Waals surface area contributed by atoms with E-state index in [0.717, 1.165) is 22.9 Å². The summed E-state index contributed by atoms with van der Waals surface area (Å²) >= 11 is 0. The molecule has 2 aromatic carbocycles. The number of para-hydroxylation sites is 1. The normalized spacial score (nSPS) is 19.1. The number of nitrogens with zero attached hydrogens (tertiary/aromatic N) is 1. The lowest BCUT2D eigenvalue weighted by Crippen LogP contribution is -2.59. The van der Waals surface area contributed by atoms with Gasteiger partial charge in [0.1, 0.15) is 29.9 Å². The van der Waals surface area contributed by atoms with Crippen molar-refractivity contribution in [2.75, 3.05) is 13.1 Å². The molecule has 49 heavy (non-hydrogen) atoms. The minimum absolute atomic E-state index is 0.0403. The third kappa shape index (κ3) is 8.73. The fourth-order valence-electron chi connectivity index (χ4n) is 6.45. The summed E-state index contributed by atoms with van der Waals surface area (Å²) < 4.78 is 0. The van der Waals surface area contributed by atoms with Crippen molar-refractivity contribution in [2.24, 2.45) is 11.5 Å². The number of benzene rings is 2. The monoisotopic (exact) mass is 674 g/mol. The van der Waals surface area contributed by atoms with Gasteiger partial charge in [0.05, 0.1) is 12.5 Å². The molecule has 2 fully saturated rings. The molecule has 15 nitrogen and oxygen atoms in total. The molecule has 2 aliphatic heterocycles. The minimum Gasteiger partial charge on any atom is -0.508 e. The Hall–Kier alpha value is -5.44. The topological polar surface area (TPSA) is 242 Å². The molecule has 5 rings (SSSR count). The van der Waals surface area contributed by atoms with Crippen LogP contribution < -0.4 is 32.7 Å². The van der Waals surface area contributed by atoms with E-state index in [1.54, 1.807) is 18.3 Å². The highest BCUT2D eigenvalue weighted by Crippen LogP contribution is 2.22. The van der Waals surface area contributed by atoms with Gasteiger partial charge >= 0.3 is 0 Å². The van der Waals surface area contributed by atoms with Crippen molar-refractivity contribution in [2.45, 2.75) is 75.2 Å². The van der Waals surface area contributed by atoms with Crippen LogP contribution in [0.4, 0.5) is 0 Å². The number of phenolic OH excluding ortho intramolecular Hbond substituents is 1. The number of hydrogen-bond acceptors (Lipinski definition) is 8. The first-order valence-corrected chi connectivity index (χ1v) is 16.4. The third-order valence-corrected chi connectivity index (χ3v) is 9.00. The predicted octanol–water partition coefficient (Wildman–Crippen LogP) is -0.783. The maximum atomic E-state index is 13.9. The molecule has 2 saturated heterocycles. The molecule has 3 aromatic rings. The van der Waals surface area contributed by atoms with Crippen molar-refractivity contribution in [3.63, 3.8) is 0 Å². The van der Waals surface area contributed by atoms with Crippen LogP contribution in [0.15, 0.2) is 54.7 Å². The third-order valence-electron chi connectivity index (χ3n) is 9.00. The number of nitrogens with two attached hydrogens (primary N) is 2. The molecule has 0 saturated carbocycles. The van der Waals surface area contributed by atoms with Crippen molar-refractivity contribution >= 4 is 46.3 Å². The lowest BCUT2D eigenvalue weighted by Gasteiger charge is -2.30. The van der Waals surface area contributed by atoms with Gasteiger partial charge in [-0.2, -0.15) is 0 Å². The Labute approximate surface area is 282 Å². The molecule has 0 radical (unpaired) electrons. The van der Waals surface area contributed by atoms with Gasteiger partial charge in [0.15, 0.2) is 0 Å². The SMILES string of the molecule is NC(=O)CC(NC(=O)C1CCCN1)C(=O)N1CCCC1C(=O)NC(Cc1c[nH]c2ccccc12)C(=O)NC(Cc1ccc(O)cc1)C(N)=O. The molecular weight excluding hydrogens is 632 g/mol. The van der Waals surface area contributed by atoms with Crippen LogP contribution in [0.2, 0.25) is 0 Å². The van der Waals surface area contributed by atoms with Crippen LogP contribution in [0.3, 0.4) is 0 Å². The number of aromatic nitrogens is 1. The number of phenols is 1. The van der Waals surface area contributed by atoms with Gasteiger partial charge in [-0.25, -0.2) is 0 Å². The number of amides is 6. The van der Waals surface area contributed by atoms with Crippen molar-refractivity contribution in [3.05, 3.63) is 65.9 Å². The van der Waals surface area contributed by atoms with Crippen LogP contribution in [-0.2, 0) is 41.6 Å². The number of aromatic hydroxyl groups is 1. The zero-order chi connectivity index (χ0) is 35.1. The highest BCUT2D eigenvalue weighted by molar-refractivity contribution is 5.98. The molecule has 15 heteroatoms. The number of carbonyl (C=O) groups is 6. The van der Waals surface area contributed by atoms with Crippen molar-refractivity contribution in [1.82, 2.24) is 31.2 Å². The number of likely N-dealkylation sites (tertiary alicyclic amines) is 1. The molecule has 2 aliphatic rings. The molecule has 5 atom stereocenters. The Morgan fingerprint density at radius 1 is 0.857 bits per heavy atom. The summed E-state index contributed by atoms with van der Waals surface area (Å²) in [7, 11) is 0. The Balaban J connectivity index is 1.35. The first-order chi connectivity index (χ1) is 23.5. The van der Waals surface area contributed by atoms with Gasteiger partial charge in [0.25, 0.3) is 0 Å². The van der Waals surface area contributed by atoms with E-state index in [1.807, 2.05) is 24.3 Å². The van der Waals surface area contributed by atoms with Gasteiger partial charge in [-0.15, -0.1) is 0 Å². The second-order valence-electron chi connectivity index (χ2n) is 12.5. The molecule has 0 bridgehead atoms. The second-order valence-corrected chi connectivity index (χ2v) is 12.5. The van der Waals surface area contributed by atoms with E-state index in [2.05, 4.69) is 26.3 Å². The van der Waals surface area contributed by atoms with Gasteiger partial charge in [0, 0.05) is 36.5 Å². The fourth-order valence-corrected chi connectivity index (χ4v) is 6.45. The number of primary amides is 2. The Morgan fingerprint density at radius 2 is 1.59 bits per heavy atom. The van der Waals surface area contributed by atoms with E-state index in [9.17, 15) is 33.9 Å². The molecule has 5 unspecified atom stereocenters. The largest absolute Gasteiger partial charge is 0.508 e. The Kier molecular flexibility index (Phi) is 11.1. The molecule has 0 aliphatic carbocycles. The number of hydrogen-bond donors (Lipinski definition) is 8. The standard InChI is InChI=1S/C34H42N8O7/c35-29(44)17-27(41-31(46)24-7-3-13-37-24)34(49)42-14-4-8-28(42)33(48)40-26(16-20-18-38-23-6-2-1-5-22(20)23)32(47)39-25(30(36)45)15-19-9-11-21(43)12-10-19/h1-2,5-6,9-12,18,24-28,37-38,43H,3-4,7-8,13-17H2,(H2,35,44)(H2,36,45)(H,39,47)(H,40,48)(H,41,46). The highest BCUT2D eigenvalue weighted by Gasteiger charge is 2.40. The Bertz CT molecular complexity index is 1700. The summed E-state index contributed by atoms with van der Waals surface area (Å²) in [5.41, 5.74) is 13.3. The summed E-state index contributed by atoms with van der Waals surface area (Å²) in [5.74, 6) is -3.86. The lowest BCUT2D eigenvalue weighted by molar-refractivity contribution is -0.143. The molecular formula is C34H42N8O7. The maximum Gasteiger partial charge on any atom is 0.246 e. The second kappa shape index (κ2) is 15.6. The van der Waals surface area contributed by atoms with Crippen molar-refractivity contribution in [1.29, 1.82) is 0 Å². The first-order valence-electron chi connectivity index (χ1n) is 16.4. The van der Waals surface area contributed by atoms with E-state index >= 15 is 0 Å². The van der Waals surface area contributed by atoms with Gasteiger partial charge in [-0.05, 0) is 61.6 Å². The molecule has 0 spiro atoms. The number of nitrogens with one attached hydrogen (secondary N) is 5. The predicted molar refractivity (Wildman–Crippen MR) is 178 cm³/mol. The molecule has 260 valence electrons. The van der Waals surface area contributed by atoms with Crippen LogP contribution in [0.1, 0.15) is 43.2 Å². The number of rotatable bonds is 14.